The molecule has 0 radical (unpaired) electrons. The average Bonchev–Trinajstić information content (AvgIpc) is 3.03. The third-order valence-electron chi connectivity index (χ3n) is 5.92. The molecule has 4 rings (SSSR count). The number of nitrogens with one attached hydrogen (secondary N) is 2. The van der Waals surface area contributed by atoms with Crippen LogP contribution < -0.4 is 5.32 Å². The minimum atomic E-state index is -0.715. The van der Waals surface area contributed by atoms with Crippen LogP contribution in [-0.4, -0.2) is 30.6 Å². The van der Waals surface area contributed by atoms with Gasteiger partial charge in [0.25, 0.3) is 0 Å². The van der Waals surface area contributed by atoms with E-state index in [1.54, 1.807) is 18.2 Å². The number of carbonyl (C=O) groups excluding carboxylic acids is 1. The van der Waals surface area contributed by atoms with E-state index in [2.05, 4.69) is 10.3 Å². The highest BCUT2D eigenvalue weighted by Crippen LogP contribution is 2.35. The van der Waals surface area contributed by atoms with Crippen LogP contribution >= 0.6 is 0 Å². The van der Waals surface area contributed by atoms with Crippen molar-refractivity contribution >= 4 is 16.8 Å². The third kappa shape index (κ3) is 3.77. The van der Waals surface area contributed by atoms with Crippen molar-refractivity contribution in [2.75, 3.05) is 19.8 Å². The van der Waals surface area contributed by atoms with Crippen molar-refractivity contribution in [3.05, 3.63) is 70.9 Å². The van der Waals surface area contributed by atoms with Crippen LogP contribution in [0.1, 0.15) is 29.7 Å². The second kappa shape index (κ2) is 7.95. The summed E-state index contributed by atoms with van der Waals surface area (Å²) in [5.41, 5.74) is 2.96. The van der Waals surface area contributed by atoms with E-state index in [1.807, 2.05) is 6.92 Å². The van der Waals surface area contributed by atoms with Crippen LogP contribution in [-0.2, 0) is 21.4 Å². The van der Waals surface area contributed by atoms with Crippen LogP contribution in [0.25, 0.3) is 10.9 Å². The van der Waals surface area contributed by atoms with Gasteiger partial charge in [-0.1, -0.05) is 12.1 Å². The second-order valence-electron chi connectivity index (χ2n) is 7.63. The van der Waals surface area contributed by atoms with E-state index in [9.17, 15) is 13.6 Å². The van der Waals surface area contributed by atoms with Crippen molar-refractivity contribution < 1.29 is 18.3 Å². The maximum atomic E-state index is 13.7. The number of ether oxygens (including phenoxy) is 1. The van der Waals surface area contributed by atoms with Gasteiger partial charge in [-0.2, -0.15) is 0 Å². The summed E-state index contributed by atoms with van der Waals surface area (Å²) in [6.45, 7) is 3.37. The molecule has 1 saturated heterocycles. The minimum absolute atomic E-state index is 0.0731. The Bertz CT molecular complexity index is 1020. The smallest absolute Gasteiger partial charge is 0.230 e. The number of aromatic amines is 1. The summed E-state index contributed by atoms with van der Waals surface area (Å²) in [5, 5.41) is 3.90. The summed E-state index contributed by atoms with van der Waals surface area (Å²) >= 11 is 0. The highest BCUT2D eigenvalue weighted by Gasteiger charge is 2.41. The number of H-pyrrole nitrogens is 1. The van der Waals surface area contributed by atoms with Gasteiger partial charge < -0.3 is 15.0 Å². The van der Waals surface area contributed by atoms with Crippen molar-refractivity contribution in [2.45, 2.75) is 31.6 Å². The molecule has 1 aromatic heterocycles. The zero-order valence-corrected chi connectivity index (χ0v) is 16.4. The Labute approximate surface area is 168 Å². The molecule has 2 N–H and O–H groups in total. The number of benzene rings is 2. The van der Waals surface area contributed by atoms with Gasteiger partial charge in [0.2, 0.25) is 5.91 Å². The van der Waals surface area contributed by atoms with Crippen molar-refractivity contribution in [1.29, 1.82) is 0 Å². The van der Waals surface area contributed by atoms with Gasteiger partial charge in [-0.25, -0.2) is 8.78 Å². The van der Waals surface area contributed by atoms with E-state index in [0.717, 1.165) is 27.7 Å². The lowest BCUT2D eigenvalue weighted by molar-refractivity contribution is -0.130. The average molecular weight is 398 g/mol. The van der Waals surface area contributed by atoms with Crippen LogP contribution in [0, 0.1) is 18.6 Å². The highest BCUT2D eigenvalue weighted by molar-refractivity contribution is 5.88. The molecule has 0 atom stereocenters. The van der Waals surface area contributed by atoms with Gasteiger partial charge in [0.05, 0.1) is 5.41 Å². The Kier molecular flexibility index (Phi) is 5.37. The number of amides is 1. The minimum Gasteiger partial charge on any atom is -0.381 e. The second-order valence-corrected chi connectivity index (χ2v) is 7.63. The van der Waals surface area contributed by atoms with E-state index in [0.29, 0.717) is 39.0 Å². The lowest BCUT2D eigenvalue weighted by atomic mass is 9.73. The predicted molar refractivity (Wildman–Crippen MR) is 108 cm³/mol. The van der Waals surface area contributed by atoms with E-state index >= 15 is 0 Å². The lowest BCUT2D eigenvalue weighted by Gasteiger charge is -2.36. The van der Waals surface area contributed by atoms with Crippen LogP contribution in [0.3, 0.4) is 0 Å². The maximum absolute atomic E-state index is 13.7. The normalized spacial score (nSPS) is 16.1. The van der Waals surface area contributed by atoms with Gasteiger partial charge in [0, 0.05) is 36.4 Å². The van der Waals surface area contributed by atoms with E-state index in [4.69, 9.17) is 4.74 Å². The molecule has 0 bridgehead atoms. The Balaban J connectivity index is 1.51. The SMILES string of the molecule is Cc1[nH]c2ccc(F)cc2c1CCNC(=O)C1(c2ccc(F)cc2)CCOCC1. The van der Waals surface area contributed by atoms with E-state index in [-0.39, 0.29) is 17.5 Å². The summed E-state index contributed by atoms with van der Waals surface area (Å²) in [6, 6.07) is 10.8. The number of aromatic nitrogens is 1. The highest BCUT2D eigenvalue weighted by atomic mass is 19.1. The Morgan fingerprint density at radius 1 is 1.10 bits per heavy atom. The predicted octanol–water partition coefficient (Wildman–Crippen LogP) is 4.16. The van der Waals surface area contributed by atoms with E-state index < -0.39 is 5.41 Å². The molecule has 4 nitrogen and oxygen atoms in total. The summed E-state index contributed by atoms with van der Waals surface area (Å²) in [5.74, 6) is -0.672. The topological polar surface area (TPSA) is 54.1 Å². The Hall–Kier alpha value is -2.73. The van der Waals surface area contributed by atoms with Gasteiger partial charge in [-0.3, -0.25) is 4.79 Å². The lowest BCUT2D eigenvalue weighted by Crippen LogP contribution is -2.48. The molecular weight excluding hydrogens is 374 g/mol. The molecule has 152 valence electrons. The van der Waals surface area contributed by atoms with Gasteiger partial charge >= 0.3 is 0 Å². The van der Waals surface area contributed by atoms with Crippen LogP contribution in [0.15, 0.2) is 42.5 Å². The number of hydrogen-bond acceptors (Lipinski definition) is 2. The molecule has 0 aliphatic carbocycles. The van der Waals surface area contributed by atoms with Gasteiger partial charge in [0.15, 0.2) is 0 Å². The third-order valence-corrected chi connectivity index (χ3v) is 5.92. The molecule has 6 heteroatoms. The summed E-state index contributed by atoms with van der Waals surface area (Å²) < 4.78 is 32.5. The zero-order valence-electron chi connectivity index (χ0n) is 16.4. The van der Waals surface area contributed by atoms with E-state index in [1.165, 1.54) is 24.3 Å². The van der Waals surface area contributed by atoms with Crippen LogP contribution in [0.4, 0.5) is 8.78 Å². The largest absolute Gasteiger partial charge is 0.381 e. The molecule has 29 heavy (non-hydrogen) atoms. The van der Waals surface area contributed by atoms with Gasteiger partial charge in [-0.15, -0.1) is 0 Å². The summed E-state index contributed by atoms with van der Waals surface area (Å²) in [4.78, 5) is 16.5. The van der Waals surface area contributed by atoms with Crippen molar-refractivity contribution in [3.63, 3.8) is 0 Å². The standard InChI is InChI=1S/C23H24F2N2O2/c1-15-19(20-14-18(25)6-7-21(20)27-15)8-11-26-22(28)23(9-12-29-13-10-23)16-2-4-17(24)5-3-16/h2-7,14,27H,8-13H2,1H3,(H,26,28). The van der Waals surface area contributed by atoms with Crippen molar-refractivity contribution in [3.8, 4) is 0 Å². The van der Waals surface area contributed by atoms with Gasteiger partial charge in [-0.05, 0) is 67.6 Å². The first-order chi connectivity index (χ1) is 14.0. The summed E-state index contributed by atoms with van der Waals surface area (Å²) in [6.07, 6.45) is 1.71. The number of rotatable bonds is 5. The molecule has 0 spiro atoms. The van der Waals surface area contributed by atoms with Crippen molar-refractivity contribution in [2.24, 2.45) is 0 Å². The molecule has 0 unspecified atom stereocenters. The molecular formula is C23H24F2N2O2. The summed E-state index contributed by atoms with van der Waals surface area (Å²) in [7, 11) is 0. The number of carbonyl (C=O) groups is 1. The number of aryl methyl sites for hydroxylation is 1. The number of fused-ring (bicyclic) bond motifs is 1. The van der Waals surface area contributed by atoms with Crippen molar-refractivity contribution in [1.82, 2.24) is 10.3 Å². The molecule has 1 aliphatic heterocycles. The monoisotopic (exact) mass is 398 g/mol. The number of hydrogen-bond donors (Lipinski definition) is 2. The molecule has 3 aromatic rings. The molecule has 1 amide bonds. The molecule has 1 aliphatic rings. The van der Waals surface area contributed by atoms with Crippen LogP contribution in [0.5, 0.6) is 0 Å². The molecule has 1 fully saturated rings. The first-order valence-corrected chi connectivity index (χ1v) is 9.88. The Morgan fingerprint density at radius 3 is 2.52 bits per heavy atom. The molecule has 2 aromatic carbocycles. The zero-order chi connectivity index (χ0) is 20.4. The van der Waals surface area contributed by atoms with Crippen LogP contribution in [0.2, 0.25) is 0 Å². The first kappa shape index (κ1) is 19.6. The maximum Gasteiger partial charge on any atom is 0.230 e. The quantitative estimate of drug-likeness (QED) is 0.678. The fraction of sp³-hybridized carbons (Fsp3) is 0.348. The Morgan fingerprint density at radius 2 is 1.79 bits per heavy atom. The fourth-order valence-electron chi connectivity index (χ4n) is 4.28. The fourth-order valence-corrected chi connectivity index (χ4v) is 4.28. The van der Waals surface area contributed by atoms with Gasteiger partial charge in [0.1, 0.15) is 11.6 Å². The molecule has 0 saturated carbocycles. The number of halogens is 2. The first-order valence-electron chi connectivity index (χ1n) is 9.88. The molecule has 2 heterocycles.